The van der Waals surface area contributed by atoms with Crippen LogP contribution in [0.3, 0.4) is 0 Å². The normalized spacial score (nSPS) is 34.6. The molecule has 2 aliphatic rings. The molecule has 2 rings (SSSR count). The van der Waals surface area contributed by atoms with Crippen LogP contribution in [-0.4, -0.2) is 37.1 Å². The Kier molecular flexibility index (Phi) is 4.62. The molecule has 1 aliphatic carbocycles. The minimum atomic E-state index is 0.446. The summed E-state index contributed by atoms with van der Waals surface area (Å²) in [6.07, 6.45) is 8.26. The molecule has 1 aliphatic heterocycles. The number of nitrogens with zero attached hydrogens (tertiary/aromatic N) is 1. The molecule has 1 saturated heterocycles. The van der Waals surface area contributed by atoms with E-state index in [0.29, 0.717) is 16.9 Å². The van der Waals surface area contributed by atoms with E-state index in [9.17, 15) is 0 Å². The molecule has 2 unspecified atom stereocenters. The molecule has 1 saturated carbocycles. The van der Waals surface area contributed by atoms with Gasteiger partial charge in [0.05, 0.1) is 0 Å². The van der Waals surface area contributed by atoms with Gasteiger partial charge in [-0.1, -0.05) is 34.1 Å². The maximum atomic E-state index is 3.64. The monoisotopic (exact) mass is 266 g/mol. The fourth-order valence-electron chi connectivity index (χ4n) is 4.67. The van der Waals surface area contributed by atoms with Gasteiger partial charge >= 0.3 is 0 Å². The standard InChI is InChI=1S/C17H34N2/c1-6-17(7-2)11-12-19(13-17)14-9-8-10-16(3,4)15(14)18-5/h14-15,18H,6-13H2,1-5H3. The summed E-state index contributed by atoms with van der Waals surface area (Å²) in [6.45, 7) is 12.3. The molecule has 0 aromatic rings. The van der Waals surface area contributed by atoms with Crippen LogP contribution in [0.1, 0.15) is 66.2 Å². The zero-order chi connectivity index (χ0) is 14.1. The van der Waals surface area contributed by atoms with Gasteiger partial charge in [-0.25, -0.2) is 0 Å². The molecule has 112 valence electrons. The predicted octanol–water partition coefficient (Wildman–Crippen LogP) is 3.67. The van der Waals surface area contributed by atoms with Crippen molar-refractivity contribution < 1.29 is 0 Å². The Labute approximate surface area is 120 Å². The molecule has 0 aromatic carbocycles. The SMILES string of the molecule is CCC1(CC)CCN(C2CCCC(C)(C)C2NC)C1. The van der Waals surface area contributed by atoms with Crippen molar-refractivity contribution >= 4 is 0 Å². The number of hydrogen-bond acceptors (Lipinski definition) is 2. The summed E-state index contributed by atoms with van der Waals surface area (Å²) < 4.78 is 0. The fourth-order valence-corrected chi connectivity index (χ4v) is 4.67. The van der Waals surface area contributed by atoms with E-state index in [1.54, 1.807) is 0 Å². The quantitative estimate of drug-likeness (QED) is 0.835. The molecule has 2 heteroatoms. The average molecular weight is 266 g/mol. The summed E-state index contributed by atoms with van der Waals surface area (Å²) in [5.74, 6) is 0. The second-order valence-corrected chi connectivity index (χ2v) is 7.64. The smallest absolute Gasteiger partial charge is 0.0271 e. The van der Waals surface area contributed by atoms with Gasteiger partial charge in [0.15, 0.2) is 0 Å². The molecule has 2 atom stereocenters. The van der Waals surface area contributed by atoms with Gasteiger partial charge in [-0.05, 0) is 56.5 Å². The highest BCUT2D eigenvalue weighted by molar-refractivity contribution is 5.01. The number of likely N-dealkylation sites (N-methyl/N-ethyl adjacent to an activating group) is 1. The van der Waals surface area contributed by atoms with E-state index in [0.717, 1.165) is 6.04 Å². The van der Waals surface area contributed by atoms with Crippen molar-refractivity contribution in [2.75, 3.05) is 20.1 Å². The summed E-state index contributed by atoms with van der Waals surface area (Å²) in [6, 6.07) is 1.42. The summed E-state index contributed by atoms with van der Waals surface area (Å²) >= 11 is 0. The zero-order valence-electron chi connectivity index (χ0n) is 13.8. The second kappa shape index (κ2) is 5.73. The van der Waals surface area contributed by atoms with Gasteiger partial charge in [0.2, 0.25) is 0 Å². The van der Waals surface area contributed by atoms with Gasteiger partial charge in [0, 0.05) is 18.6 Å². The van der Waals surface area contributed by atoms with Crippen molar-refractivity contribution in [1.29, 1.82) is 0 Å². The Balaban J connectivity index is 2.09. The van der Waals surface area contributed by atoms with E-state index in [1.165, 1.54) is 51.6 Å². The van der Waals surface area contributed by atoms with Crippen molar-refractivity contribution in [1.82, 2.24) is 10.2 Å². The number of hydrogen-bond donors (Lipinski definition) is 1. The molecule has 0 radical (unpaired) electrons. The molecule has 0 bridgehead atoms. The van der Waals surface area contributed by atoms with Gasteiger partial charge in [0.1, 0.15) is 0 Å². The first-order valence-electron chi connectivity index (χ1n) is 8.39. The maximum Gasteiger partial charge on any atom is 0.0271 e. The summed E-state index contributed by atoms with van der Waals surface area (Å²) in [4.78, 5) is 2.81. The highest BCUT2D eigenvalue weighted by atomic mass is 15.2. The van der Waals surface area contributed by atoms with Gasteiger partial charge in [-0.15, -0.1) is 0 Å². The first-order valence-corrected chi connectivity index (χ1v) is 8.39. The molecular weight excluding hydrogens is 232 g/mol. The Morgan fingerprint density at radius 2 is 1.84 bits per heavy atom. The fraction of sp³-hybridized carbons (Fsp3) is 1.00. The second-order valence-electron chi connectivity index (χ2n) is 7.64. The summed E-state index contributed by atoms with van der Waals surface area (Å²) in [7, 11) is 2.16. The Morgan fingerprint density at radius 3 is 2.37 bits per heavy atom. The van der Waals surface area contributed by atoms with E-state index < -0.39 is 0 Å². The Hall–Kier alpha value is -0.0800. The van der Waals surface area contributed by atoms with Crippen LogP contribution in [0.25, 0.3) is 0 Å². The average Bonchev–Trinajstić information content (AvgIpc) is 2.82. The zero-order valence-corrected chi connectivity index (χ0v) is 13.8. The Morgan fingerprint density at radius 1 is 1.16 bits per heavy atom. The molecular formula is C17H34N2. The van der Waals surface area contributed by atoms with Gasteiger partial charge in [-0.3, -0.25) is 4.90 Å². The van der Waals surface area contributed by atoms with Gasteiger partial charge < -0.3 is 5.32 Å². The Bertz CT molecular complexity index is 294. The highest BCUT2D eigenvalue weighted by Gasteiger charge is 2.45. The summed E-state index contributed by atoms with van der Waals surface area (Å²) in [5, 5.41) is 3.64. The van der Waals surface area contributed by atoms with E-state index in [1.807, 2.05) is 0 Å². The molecule has 1 N–H and O–H groups in total. The predicted molar refractivity (Wildman–Crippen MR) is 83.5 cm³/mol. The topological polar surface area (TPSA) is 15.3 Å². The number of rotatable bonds is 4. The number of likely N-dealkylation sites (tertiary alicyclic amines) is 1. The van der Waals surface area contributed by atoms with Crippen LogP contribution >= 0.6 is 0 Å². The third-order valence-corrected chi connectivity index (χ3v) is 6.30. The molecule has 1 heterocycles. The highest BCUT2D eigenvalue weighted by Crippen LogP contribution is 2.43. The minimum Gasteiger partial charge on any atom is -0.315 e. The van der Waals surface area contributed by atoms with Gasteiger partial charge in [0.25, 0.3) is 0 Å². The molecule has 0 aromatic heterocycles. The first kappa shape index (κ1) is 15.3. The third kappa shape index (κ3) is 2.85. The maximum absolute atomic E-state index is 3.64. The van der Waals surface area contributed by atoms with E-state index in [4.69, 9.17) is 0 Å². The van der Waals surface area contributed by atoms with Crippen LogP contribution in [0.15, 0.2) is 0 Å². The molecule has 0 spiro atoms. The van der Waals surface area contributed by atoms with Crippen molar-refractivity contribution in [3.8, 4) is 0 Å². The molecule has 0 amide bonds. The van der Waals surface area contributed by atoms with Crippen molar-refractivity contribution in [2.24, 2.45) is 10.8 Å². The van der Waals surface area contributed by atoms with Gasteiger partial charge in [-0.2, -0.15) is 0 Å². The molecule has 2 nitrogen and oxygen atoms in total. The lowest BCUT2D eigenvalue weighted by molar-refractivity contribution is 0.0578. The molecule has 19 heavy (non-hydrogen) atoms. The van der Waals surface area contributed by atoms with Crippen LogP contribution in [-0.2, 0) is 0 Å². The summed E-state index contributed by atoms with van der Waals surface area (Å²) in [5.41, 5.74) is 1.06. The lowest BCUT2D eigenvalue weighted by atomic mass is 9.70. The molecule has 2 fully saturated rings. The van der Waals surface area contributed by atoms with E-state index in [-0.39, 0.29) is 0 Å². The lowest BCUT2D eigenvalue weighted by Gasteiger charge is -2.47. The largest absolute Gasteiger partial charge is 0.315 e. The lowest BCUT2D eigenvalue weighted by Crippen LogP contribution is -2.57. The van der Waals surface area contributed by atoms with Crippen LogP contribution in [0.2, 0.25) is 0 Å². The number of nitrogens with one attached hydrogen (secondary N) is 1. The van der Waals surface area contributed by atoms with E-state index in [2.05, 4.69) is 45.0 Å². The van der Waals surface area contributed by atoms with Crippen molar-refractivity contribution in [3.63, 3.8) is 0 Å². The van der Waals surface area contributed by atoms with Crippen LogP contribution < -0.4 is 5.32 Å². The minimum absolute atomic E-state index is 0.446. The van der Waals surface area contributed by atoms with Crippen LogP contribution in [0.4, 0.5) is 0 Å². The van der Waals surface area contributed by atoms with E-state index >= 15 is 0 Å². The van der Waals surface area contributed by atoms with Crippen molar-refractivity contribution in [2.45, 2.75) is 78.3 Å². The third-order valence-electron chi connectivity index (χ3n) is 6.30. The first-order chi connectivity index (χ1) is 8.98. The van der Waals surface area contributed by atoms with Crippen LogP contribution in [0.5, 0.6) is 0 Å². The van der Waals surface area contributed by atoms with Crippen LogP contribution in [0, 0.1) is 10.8 Å². The van der Waals surface area contributed by atoms with Crippen molar-refractivity contribution in [3.05, 3.63) is 0 Å².